The van der Waals surface area contributed by atoms with Gasteiger partial charge in [0, 0.05) is 19.7 Å². The lowest BCUT2D eigenvalue weighted by Crippen LogP contribution is -2.42. The van der Waals surface area contributed by atoms with Crippen molar-refractivity contribution in [3.05, 3.63) is 35.4 Å². The maximum atomic E-state index is 12.2. The van der Waals surface area contributed by atoms with Gasteiger partial charge in [-0.3, -0.25) is 4.79 Å². The molecule has 0 radical (unpaired) electrons. The van der Waals surface area contributed by atoms with E-state index in [0.717, 1.165) is 32.4 Å². The highest BCUT2D eigenvalue weighted by Crippen LogP contribution is 2.14. The van der Waals surface area contributed by atoms with Gasteiger partial charge >= 0.3 is 0 Å². The Hall–Kier alpha value is -1.39. The number of aryl methyl sites for hydroxylation is 1. The van der Waals surface area contributed by atoms with Crippen molar-refractivity contribution >= 4 is 5.91 Å². The molecule has 0 aromatic heterocycles. The molecule has 0 spiro atoms. The van der Waals surface area contributed by atoms with Gasteiger partial charge < -0.3 is 15.0 Å². The zero-order valence-electron chi connectivity index (χ0n) is 13.1. The second-order valence-electron chi connectivity index (χ2n) is 5.74. The van der Waals surface area contributed by atoms with Crippen molar-refractivity contribution in [1.29, 1.82) is 0 Å². The van der Waals surface area contributed by atoms with Crippen LogP contribution in [0.15, 0.2) is 24.3 Å². The van der Waals surface area contributed by atoms with Crippen LogP contribution in [0.25, 0.3) is 0 Å². The largest absolute Gasteiger partial charge is 0.376 e. The molecule has 2 rings (SSSR count). The first-order valence-electron chi connectivity index (χ1n) is 7.78. The summed E-state index contributed by atoms with van der Waals surface area (Å²) in [4.78, 5) is 14.2. The Labute approximate surface area is 127 Å². The molecule has 1 heterocycles. The maximum Gasteiger partial charge on any atom is 0.236 e. The lowest BCUT2D eigenvalue weighted by atomic mass is 10.1. The number of carbonyl (C=O) groups is 1. The van der Waals surface area contributed by atoms with Crippen LogP contribution in [0, 0.1) is 6.92 Å². The van der Waals surface area contributed by atoms with Crippen LogP contribution in [0.2, 0.25) is 0 Å². The number of benzene rings is 1. The molecule has 0 saturated carbocycles. The van der Waals surface area contributed by atoms with Crippen LogP contribution in [-0.2, 0) is 16.0 Å². The molecular formula is C17H26N2O2. The van der Waals surface area contributed by atoms with Crippen LogP contribution in [0.3, 0.4) is 0 Å². The molecule has 1 unspecified atom stereocenters. The van der Waals surface area contributed by atoms with E-state index >= 15 is 0 Å². The second-order valence-corrected chi connectivity index (χ2v) is 5.74. The molecule has 1 saturated heterocycles. The molecular weight excluding hydrogens is 264 g/mol. The van der Waals surface area contributed by atoms with E-state index in [2.05, 4.69) is 36.5 Å². The molecule has 1 aliphatic heterocycles. The highest BCUT2D eigenvalue weighted by Gasteiger charge is 2.21. The fourth-order valence-corrected chi connectivity index (χ4v) is 2.63. The van der Waals surface area contributed by atoms with E-state index < -0.39 is 0 Å². The SMILES string of the molecule is CNCC(=O)N(CCc1ccc(C)cc1)CC1CCCO1. The van der Waals surface area contributed by atoms with E-state index in [1.54, 1.807) is 0 Å². The molecule has 116 valence electrons. The predicted molar refractivity (Wildman–Crippen MR) is 84.4 cm³/mol. The zero-order chi connectivity index (χ0) is 15.1. The standard InChI is InChI=1S/C17H26N2O2/c1-14-5-7-15(8-6-14)9-10-19(17(20)12-18-2)13-16-4-3-11-21-16/h5-8,16,18H,3-4,9-13H2,1-2H3. The Bertz CT molecular complexity index is 439. The fraction of sp³-hybridized carbons (Fsp3) is 0.588. The Morgan fingerprint density at radius 2 is 2.14 bits per heavy atom. The average molecular weight is 290 g/mol. The number of amides is 1. The highest BCUT2D eigenvalue weighted by atomic mass is 16.5. The van der Waals surface area contributed by atoms with Crippen LogP contribution < -0.4 is 5.32 Å². The molecule has 1 amide bonds. The third-order valence-corrected chi connectivity index (χ3v) is 3.92. The van der Waals surface area contributed by atoms with Crippen molar-refractivity contribution in [3.63, 3.8) is 0 Å². The van der Waals surface area contributed by atoms with Gasteiger partial charge in [0.15, 0.2) is 0 Å². The van der Waals surface area contributed by atoms with Gasteiger partial charge in [0.2, 0.25) is 5.91 Å². The summed E-state index contributed by atoms with van der Waals surface area (Å²) in [6.07, 6.45) is 3.27. The number of hydrogen-bond acceptors (Lipinski definition) is 3. The van der Waals surface area contributed by atoms with Crippen LogP contribution in [0.5, 0.6) is 0 Å². The summed E-state index contributed by atoms with van der Waals surface area (Å²) in [6, 6.07) is 8.52. The van der Waals surface area contributed by atoms with Crippen molar-refractivity contribution in [1.82, 2.24) is 10.2 Å². The maximum absolute atomic E-state index is 12.2. The summed E-state index contributed by atoms with van der Waals surface area (Å²) in [5.74, 6) is 0.153. The van der Waals surface area contributed by atoms with Gasteiger partial charge in [0.25, 0.3) is 0 Å². The predicted octanol–water partition coefficient (Wildman–Crippen LogP) is 1.76. The summed E-state index contributed by atoms with van der Waals surface area (Å²) in [6.45, 7) is 4.77. The summed E-state index contributed by atoms with van der Waals surface area (Å²) in [7, 11) is 1.81. The molecule has 1 aliphatic rings. The minimum absolute atomic E-state index is 0.153. The Morgan fingerprint density at radius 1 is 1.38 bits per heavy atom. The molecule has 0 aliphatic carbocycles. The molecule has 4 heteroatoms. The summed E-state index contributed by atoms with van der Waals surface area (Å²) in [5, 5.41) is 2.95. The third-order valence-electron chi connectivity index (χ3n) is 3.92. The molecule has 1 atom stereocenters. The number of carbonyl (C=O) groups excluding carboxylic acids is 1. The first kappa shape index (κ1) is 16.0. The van der Waals surface area contributed by atoms with E-state index in [9.17, 15) is 4.79 Å². The molecule has 1 fully saturated rings. The summed E-state index contributed by atoms with van der Waals surface area (Å²) in [5.41, 5.74) is 2.54. The van der Waals surface area contributed by atoms with Crippen LogP contribution in [-0.4, -0.2) is 50.2 Å². The first-order valence-corrected chi connectivity index (χ1v) is 7.78. The Balaban J connectivity index is 1.90. The van der Waals surface area contributed by atoms with E-state index in [4.69, 9.17) is 4.74 Å². The molecule has 4 nitrogen and oxygen atoms in total. The number of nitrogens with one attached hydrogen (secondary N) is 1. The lowest BCUT2D eigenvalue weighted by Gasteiger charge is -2.25. The minimum Gasteiger partial charge on any atom is -0.376 e. The smallest absolute Gasteiger partial charge is 0.236 e. The van der Waals surface area contributed by atoms with Gasteiger partial charge in [-0.25, -0.2) is 0 Å². The first-order chi connectivity index (χ1) is 10.2. The van der Waals surface area contributed by atoms with E-state index in [1.165, 1.54) is 11.1 Å². The van der Waals surface area contributed by atoms with Crippen LogP contribution >= 0.6 is 0 Å². The quantitative estimate of drug-likeness (QED) is 0.832. The van der Waals surface area contributed by atoms with E-state index in [-0.39, 0.29) is 12.0 Å². The molecule has 1 aromatic carbocycles. The molecule has 1 N–H and O–H groups in total. The third kappa shape index (κ3) is 5.14. The topological polar surface area (TPSA) is 41.6 Å². The van der Waals surface area contributed by atoms with E-state index in [0.29, 0.717) is 13.1 Å². The van der Waals surface area contributed by atoms with Crippen molar-refractivity contribution in [2.75, 3.05) is 33.3 Å². The number of rotatable bonds is 7. The van der Waals surface area contributed by atoms with Gasteiger partial charge in [-0.1, -0.05) is 29.8 Å². The number of likely N-dealkylation sites (N-methyl/N-ethyl adjacent to an activating group) is 1. The van der Waals surface area contributed by atoms with Crippen LogP contribution in [0.1, 0.15) is 24.0 Å². The zero-order valence-corrected chi connectivity index (χ0v) is 13.1. The van der Waals surface area contributed by atoms with Gasteiger partial charge in [-0.2, -0.15) is 0 Å². The van der Waals surface area contributed by atoms with E-state index in [1.807, 2.05) is 11.9 Å². The van der Waals surface area contributed by atoms with Gasteiger partial charge in [-0.05, 0) is 38.8 Å². The number of hydrogen-bond donors (Lipinski definition) is 1. The van der Waals surface area contributed by atoms with Crippen molar-refractivity contribution < 1.29 is 9.53 Å². The fourth-order valence-electron chi connectivity index (χ4n) is 2.63. The Kier molecular flexibility index (Phi) is 6.21. The van der Waals surface area contributed by atoms with Gasteiger partial charge in [0.05, 0.1) is 12.6 Å². The normalized spacial score (nSPS) is 17.9. The average Bonchev–Trinajstić information content (AvgIpc) is 2.98. The lowest BCUT2D eigenvalue weighted by molar-refractivity contribution is -0.131. The molecule has 21 heavy (non-hydrogen) atoms. The van der Waals surface area contributed by atoms with Gasteiger partial charge in [0.1, 0.15) is 0 Å². The van der Waals surface area contributed by atoms with Crippen molar-refractivity contribution in [2.45, 2.75) is 32.3 Å². The second kappa shape index (κ2) is 8.15. The number of nitrogens with zero attached hydrogens (tertiary/aromatic N) is 1. The van der Waals surface area contributed by atoms with Crippen molar-refractivity contribution in [2.24, 2.45) is 0 Å². The summed E-state index contributed by atoms with van der Waals surface area (Å²) >= 11 is 0. The van der Waals surface area contributed by atoms with Crippen LogP contribution in [0.4, 0.5) is 0 Å². The Morgan fingerprint density at radius 3 is 2.76 bits per heavy atom. The van der Waals surface area contributed by atoms with Gasteiger partial charge in [-0.15, -0.1) is 0 Å². The minimum atomic E-state index is 0.153. The monoisotopic (exact) mass is 290 g/mol. The number of ether oxygens (including phenoxy) is 1. The molecule has 0 bridgehead atoms. The molecule has 1 aromatic rings. The summed E-state index contributed by atoms with van der Waals surface area (Å²) < 4.78 is 5.67. The highest BCUT2D eigenvalue weighted by molar-refractivity contribution is 5.78. The van der Waals surface area contributed by atoms with Crippen molar-refractivity contribution in [3.8, 4) is 0 Å².